The standard InChI is InChI=1S/C23H21ClF2N4O2/c24-21-3-2-20(29-22(31)15-4-7-28-8-5-15)12-17(21)14-30(9-1-6-27)23(32)16-10-18(25)13-19(26)11-16/h2-5,7-8,10-13H,1,6,9,14,27H2,(H,29,31). The highest BCUT2D eigenvalue weighted by molar-refractivity contribution is 6.31. The second-order valence-corrected chi connectivity index (χ2v) is 7.43. The zero-order valence-corrected chi connectivity index (χ0v) is 17.8. The van der Waals surface area contributed by atoms with E-state index in [9.17, 15) is 18.4 Å². The minimum atomic E-state index is -0.842. The third-order valence-corrected chi connectivity index (χ3v) is 5.00. The average Bonchev–Trinajstić information content (AvgIpc) is 2.78. The summed E-state index contributed by atoms with van der Waals surface area (Å²) in [5.41, 5.74) is 6.94. The number of hydrogen-bond donors (Lipinski definition) is 2. The van der Waals surface area contributed by atoms with Crippen LogP contribution in [0.15, 0.2) is 60.9 Å². The van der Waals surface area contributed by atoms with E-state index in [1.165, 1.54) is 17.3 Å². The number of nitrogens with zero attached hydrogens (tertiary/aromatic N) is 2. The molecule has 1 heterocycles. The van der Waals surface area contributed by atoms with Crippen LogP contribution in [0.4, 0.5) is 14.5 Å². The Morgan fingerprint density at radius 3 is 2.34 bits per heavy atom. The molecule has 0 unspecified atom stereocenters. The molecule has 3 aromatic rings. The van der Waals surface area contributed by atoms with Gasteiger partial charge in [0.15, 0.2) is 0 Å². The summed E-state index contributed by atoms with van der Waals surface area (Å²) >= 11 is 6.33. The molecule has 2 aromatic carbocycles. The van der Waals surface area contributed by atoms with Gasteiger partial charge in [0.25, 0.3) is 11.8 Å². The third-order valence-electron chi connectivity index (χ3n) is 4.64. The van der Waals surface area contributed by atoms with E-state index < -0.39 is 17.5 Å². The van der Waals surface area contributed by atoms with Crippen molar-refractivity contribution in [3.05, 3.63) is 94.3 Å². The van der Waals surface area contributed by atoms with E-state index >= 15 is 0 Å². The Hall–Kier alpha value is -3.36. The van der Waals surface area contributed by atoms with Gasteiger partial charge in [0.2, 0.25) is 0 Å². The van der Waals surface area contributed by atoms with Crippen LogP contribution < -0.4 is 11.1 Å². The largest absolute Gasteiger partial charge is 0.334 e. The molecular weight excluding hydrogens is 438 g/mol. The minimum Gasteiger partial charge on any atom is -0.334 e. The smallest absolute Gasteiger partial charge is 0.255 e. The maximum atomic E-state index is 13.6. The number of hydrogen-bond acceptors (Lipinski definition) is 4. The molecule has 6 nitrogen and oxygen atoms in total. The molecule has 9 heteroatoms. The highest BCUT2D eigenvalue weighted by atomic mass is 35.5. The zero-order chi connectivity index (χ0) is 23.1. The van der Waals surface area contributed by atoms with Crippen molar-refractivity contribution in [2.75, 3.05) is 18.4 Å². The van der Waals surface area contributed by atoms with Gasteiger partial charge in [-0.2, -0.15) is 0 Å². The monoisotopic (exact) mass is 458 g/mol. The van der Waals surface area contributed by atoms with Gasteiger partial charge in [0.05, 0.1) is 0 Å². The number of benzene rings is 2. The molecule has 0 fully saturated rings. The first-order valence-corrected chi connectivity index (χ1v) is 10.2. The first-order valence-electron chi connectivity index (χ1n) is 9.82. The number of halogens is 3. The second kappa shape index (κ2) is 10.8. The number of rotatable bonds is 8. The SMILES string of the molecule is NCCCN(Cc1cc(NC(=O)c2ccncc2)ccc1Cl)C(=O)c1cc(F)cc(F)c1. The second-order valence-electron chi connectivity index (χ2n) is 7.02. The summed E-state index contributed by atoms with van der Waals surface area (Å²) in [6.45, 7) is 0.656. The van der Waals surface area contributed by atoms with Crippen LogP contribution in [0.2, 0.25) is 5.02 Å². The minimum absolute atomic E-state index is 0.0643. The van der Waals surface area contributed by atoms with Gasteiger partial charge in [0.1, 0.15) is 11.6 Å². The van der Waals surface area contributed by atoms with E-state index in [-0.39, 0.29) is 24.6 Å². The number of anilines is 1. The van der Waals surface area contributed by atoms with Crippen LogP contribution in [-0.2, 0) is 6.54 Å². The molecule has 0 saturated heterocycles. The number of carbonyl (C=O) groups excluding carboxylic acids is 2. The van der Waals surface area contributed by atoms with Gasteiger partial charge in [-0.3, -0.25) is 14.6 Å². The van der Waals surface area contributed by atoms with Crippen LogP contribution in [0.1, 0.15) is 32.7 Å². The number of carbonyl (C=O) groups is 2. The maximum absolute atomic E-state index is 13.6. The van der Waals surface area contributed by atoms with Gasteiger partial charge in [-0.25, -0.2) is 8.78 Å². The lowest BCUT2D eigenvalue weighted by Gasteiger charge is -2.24. The van der Waals surface area contributed by atoms with Crippen molar-refractivity contribution in [3.63, 3.8) is 0 Å². The Morgan fingerprint density at radius 1 is 1.00 bits per heavy atom. The fourth-order valence-corrected chi connectivity index (χ4v) is 3.26. The fourth-order valence-electron chi connectivity index (χ4n) is 3.08. The summed E-state index contributed by atoms with van der Waals surface area (Å²) in [7, 11) is 0. The molecule has 0 saturated carbocycles. The highest BCUT2D eigenvalue weighted by Crippen LogP contribution is 2.24. The summed E-state index contributed by atoms with van der Waals surface area (Å²) in [5.74, 6) is -2.57. The van der Waals surface area contributed by atoms with E-state index in [1.807, 2.05) is 0 Å². The van der Waals surface area contributed by atoms with Crippen molar-refractivity contribution in [1.82, 2.24) is 9.88 Å². The summed E-state index contributed by atoms with van der Waals surface area (Å²) < 4.78 is 27.2. The molecule has 0 aliphatic rings. The van der Waals surface area contributed by atoms with Crippen LogP contribution in [0.3, 0.4) is 0 Å². The molecule has 0 radical (unpaired) electrons. The van der Waals surface area contributed by atoms with Crippen LogP contribution in [0, 0.1) is 11.6 Å². The number of amides is 2. The van der Waals surface area contributed by atoms with E-state index in [0.717, 1.165) is 12.1 Å². The highest BCUT2D eigenvalue weighted by Gasteiger charge is 2.19. The topological polar surface area (TPSA) is 88.3 Å². The molecule has 0 aliphatic heterocycles. The number of nitrogens with two attached hydrogens (primary N) is 1. The van der Waals surface area contributed by atoms with Gasteiger partial charge in [-0.05, 0) is 61.0 Å². The van der Waals surface area contributed by atoms with Crippen molar-refractivity contribution in [2.45, 2.75) is 13.0 Å². The molecule has 166 valence electrons. The predicted octanol–water partition coefficient (Wildman–Crippen LogP) is 4.26. The number of pyridine rings is 1. The first kappa shape index (κ1) is 23.3. The summed E-state index contributed by atoms with van der Waals surface area (Å²) in [4.78, 5) is 30.7. The summed E-state index contributed by atoms with van der Waals surface area (Å²) in [6.07, 6.45) is 3.51. The van der Waals surface area contributed by atoms with Crippen molar-refractivity contribution >= 4 is 29.1 Å². The molecular formula is C23H21ClF2N4O2. The number of aromatic nitrogens is 1. The Balaban J connectivity index is 1.83. The van der Waals surface area contributed by atoms with Gasteiger partial charge < -0.3 is 16.0 Å². The molecule has 0 aliphatic carbocycles. The molecule has 0 atom stereocenters. The Kier molecular flexibility index (Phi) is 7.86. The van der Waals surface area contributed by atoms with Crippen LogP contribution in [0.25, 0.3) is 0 Å². The van der Waals surface area contributed by atoms with E-state index in [4.69, 9.17) is 17.3 Å². The van der Waals surface area contributed by atoms with Gasteiger partial charge in [-0.15, -0.1) is 0 Å². The zero-order valence-electron chi connectivity index (χ0n) is 17.0. The maximum Gasteiger partial charge on any atom is 0.255 e. The Morgan fingerprint density at radius 2 is 1.69 bits per heavy atom. The van der Waals surface area contributed by atoms with Crippen LogP contribution >= 0.6 is 11.6 Å². The molecule has 2 amide bonds. The molecule has 3 rings (SSSR count). The van der Waals surface area contributed by atoms with Crippen molar-refractivity contribution in [1.29, 1.82) is 0 Å². The molecule has 32 heavy (non-hydrogen) atoms. The lowest BCUT2D eigenvalue weighted by molar-refractivity contribution is 0.0741. The van der Waals surface area contributed by atoms with E-state index in [2.05, 4.69) is 10.3 Å². The average molecular weight is 459 g/mol. The Labute approximate surface area is 189 Å². The van der Waals surface area contributed by atoms with Gasteiger partial charge >= 0.3 is 0 Å². The summed E-state index contributed by atoms with van der Waals surface area (Å²) in [5, 5.41) is 3.15. The lowest BCUT2D eigenvalue weighted by Crippen LogP contribution is -2.33. The molecule has 0 bridgehead atoms. The first-order chi connectivity index (χ1) is 15.4. The molecule has 1 aromatic heterocycles. The number of nitrogens with one attached hydrogen (secondary N) is 1. The van der Waals surface area contributed by atoms with Crippen molar-refractivity contribution in [2.24, 2.45) is 5.73 Å². The lowest BCUT2D eigenvalue weighted by atomic mass is 10.1. The van der Waals surface area contributed by atoms with Gasteiger partial charge in [-0.1, -0.05) is 11.6 Å². The van der Waals surface area contributed by atoms with E-state index in [1.54, 1.807) is 30.3 Å². The molecule has 0 spiro atoms. The van der Waals surface area contributed by atoms with Crippen molar-refractivity contribution < 1.29 is 18.4 Å². The van der Waals surface area contributed by atoms with E-state index in [0.29, 0.717) is 40.9 Å². The van der Waals surface area contributed by atoms with Crippen LogP contribution in [-0.4, -0.2) is 34.8 Å². The third kappa shape index (κ3) is 6.09. The van der Waals surface area contributed by atoms with Crippen LogP contribution in [0.5, 0.6) is 0 Å². The summed E-state index contributed by atoms with van der Waals surface area (Å²) in [6, 6.07) is 10.7. The normalized spacial score (nSPS) is 10.6. The van der Waals surface area contributed by atoms with Gasteiger partial charge in [0, 0.05) is 53.4 Å². The fraction of sp³-hybridized carbons (Fsp3) is 0.174. The predicted molar refractivity (Wildman–Crippen MR) is 118 cm³/mol. The van der Waals surface area contributed by atoms with Crippen molar-refractivity contribution in [3.8, 4) is 0 Å². The molecule has 3 N–H and O–H groups in total. The Bertz CT molecular complexity index is 1090. The quantitative estimate of drug-likeness (QED) is 0.528.